The van der Waals surface area contributed by atoms with E-state index < -0.39 is 0 Å². The first-order valence-corrected chi connectivity index (χ1v) is 5.24. The molecule has 16 heavy (non-hydrogen) atoms. The second kappa shape index (κ2) is 5.09. The fourth-order valence-electron chi connectivity index (χ4n) is 1.70. The van der Waals surface area contributed by atoms with Crippen molar-refractivity contribution in [3.05, 3.63) is 36.3 Å². The molecule has 0 saturated carbocycles. The van der Waals surface area contributed by atoms with E-state index in [4.69, 9.17) is 9.84 Å². The molecule has 1 N–H and O–H groups in total. The van der Waals surface area contributed by atoms with Gasteiger partial charge >= 0.3 is 0 Å². The second-order valence-electron chi connectivity index (χ2n) is 3.55. The van der Waals surface area contributed by atoms with Crippen molar-refractivity contribution < 1.29 is 14.2 Å². The van der Waals surface area contributed by atoms with Crippen LogP contribution in [0.3, 0.4) is 0 Å². The van der Waals surface area contributed by atoms with Gasteiger partial charge in [-0.25, -0.2) is 4.39 Å². The number of benzene rings is 1. The van der Waals surface area contributed by atoms with Crippen molar-refractivity contribution in [2.75, 3.05) is 19.8 Å². The Bertz CT molecular complexity index is 467. The lowest BCUT2D eigenvalue weighted by Crippen LogP contribution is -2.07. The van der Waals surface area contributed by atoms with Crippen LogP contribution >= 0.6 is 0 Å². The quantitative estimate of drug-likeness (QED) is 0.784. The molecule has 0 spiro atoms. The summed E-state index contributed by atoms with van der Waals surface area (Å²) in [5.74, 6) is -0.221. The van der Waals surface area contributed by atoms with Gasteiger partial charge in [0.15, 0.2) is 0 Å². The monoisotopic (exact) mass is 223 g/mol. The summed E-state index contributed by atoms with van der Waals surface area (Å²) in [5, 5.41) is 9.44. The van der Waals surface area contributed by atoms with Gasteiger partial charge in [0.2, 0.25) is 0 Å². The summed E-state index contributed by atoms with van der Waals surface area (Å²) in [4.78, 5) is 0. The van der Waals surface area contributed by atoms with E-state index in [1.807, 2.05) is 16.8 Å². The van der Waals surface area contributed by atoms with Crippen LogP contribution in [0.4, 0.5) is 4.39 Å². The molecule has 86 valence electrons. The largest absolute Gasteiger partial charge is 0.394 e. The van der Waals surface area contributed by atoms with Crippen LogP contribution in [0.15, 0.2) is 30.5 Å². The van der Waals surface area contributed by atoms with Crippen molar-refractivity contribution in [2.45, 2.75) is 6.54 Å². The first-order chi connectivity index (χ1) is 7.81. The summed E-state index contributed by atoms with van der Waals surface area (Å²) < 4.78 is 20.1. The topological polar surface area (TPSA) is 34.4 Å². The Kier molecular flexibility index (Phi) is 3.54. The zero-order valence-corrected chi connectivity index (χ0v) is 8.90. The average molecular weight is 223 g/mol. The maximum Gasteiger partial charge on any atom is 0.123 e. The lowest BCUT2D eigenvalue weighted by Gasteiger charge is -2.05. The van der Waals surface area contributed by atoms with E-state index in [0.29, 0.717) is 19.8 Å². The predicted octanol–water partition coefficient (Wildman–Crippen LogP) is 1.79. The minimum atomic E-state index is -0.221. The number of hydrogen-bond donors (Lipinski definition) is 1. The first-order valence-electron chi connectivity index (χ1n) is 5.24. The average Bonchev–Trinajstić information content (AvgIpc) is 2.67. The molecule has 0 fully saturated rings. The van der Waals surface area contributed by atoms with Gasteiger partial charge < -0.3 is 14.4 Å². The standard InChI is InChI=1S/C12H14FNO2/c13-11-1-2-12-10(9-11)3-4-14(12)5-7-16-8-6-15/h1-4,9,15H,5-8H2. The van der Waals surface area contributed by atoms with E-state index in [-0.39, 0.29) is 12.4 Å². The number of fused-ring (bicyclic) bond motifs is 1. The van der Waals surface area contributed by atoms with Crippen molar-refractivity contribution in [1.82, 2.24) is 4.57 Å². The highest BCUT2D eigenvalue weighted by Crippen LogP contribution is 2.16. The summed E-state index contributed by atoms with van der Waals surface area (Å²) in [6.07, 6.45) is 1.91. The molecule has 3 nitrogen and oxygen atoms in total. The van der Waals surface area contributed by atoms with Crippen LogP contribution < -0.4 is 0 Å². The first kappa shape index (κ1) is 11.1. The Balaban J connectivity index is 2.07. The molecule has 4 heteroatoms. The molecule has 0 radical (unpaired) electrons. The molecule has 0 aliphatic heterocycles. The number of aromatic nitrogens is 1. The Hall–Kier alpha value is -1.39. The highest BCUT2D eigenvalue weighted by Gasteiger charge is 2.01. The fourth-order valence-corrected chi connectivity index (χ4v) is 1.70. The summed E-state index contributed by atoms with van der Waals surface area (Å²) >= 11 is 0. The van der Waals surface area contributed by atoms with Crippen LogP contribution in [-0.4, -0.2) is 29.5 Å². The molecule has 2 rings (SSSR count). The Labute approximate surface area is 93.1 Å². The van der Waals surface area contributed by atoms with Crippen LogP contribution in [0.2, 0.25) is 0 Å². The minimum absolute atomic E-state index is 0.0393. The number of nitrogens with zero attached hydrogens (tertiary/aromatic N) is 1. The third kappa shape index (κ3) is 2.40. The predicted molar refractivity (Wildman–Crippen MR) is 59.8 cm³/mol. The number of hydrogen-bond acceptors (Lipinski definition) is 2. The molecule has 1 aromatic carbocycles. The molecule has 0 amide bonds. The Morgan fingerprint density at radius 1 is 1.25 bits per heavy atom. The van der Waals surface area contributed by atoms with Gasteiger partial charge in [-0.2, -0.15) is 0 Å². The number of ether oxygens (including phenoxy) is 1. The van der Waals surface area contributed by atoms with Gasteiger partial charge in [0.25, 0.3) is 0 Å². The summed E-state index contributed by atoms with van der Waals surface area (Å²) in [5.41, 5.74) is 0.994. The molecule has 1 heterocycles. The highest BCUT2D eigenvalue weighted by molar-refractivity contribution is 5.80. The van der Waals surface area contributed by atoms with Crippen molar-refractivity contribution in [3.63, 3.8) is 0 Å². The van der Waals surface area contributed by atoms with Crippen molar-refractivity contribution >= 4 is 10.9 Å². The molecule has 0 bridgehead atoms. The number of halogens is 1. The third-order valence-corrected chi connectivity index (χ3v) is 2.45. The molecule has 0 aliphatic rings. The lowest BCUT2D eigenvalue weighted by atomic mass is 10.2. The lowest BCUT2D eigenvalue weighted by molar-refractivity contribution is 0.0875. The molecule has 1 aromatic heterocycles. The van der Waals surface area contributed by atoms with Gasteiger partial charge in [-0.3, -0.25) is 0 Å². The van der Waals surface area contributed by atoms with Crippen LogP contribution in [0.1, 0.15) is 0 Å². The molecule has 0 unspecified atom stereocenters. The normalized spacial score (nSPS) is 11.1. The molecular formula is C12H14FNO2. The minimum Gasteiger partial charge on any atom is -0.394 e. The van der Waals surface area contributed by atoms with E-state index in [1.165, 1.54) is 12.1 Å². The zero-order chi connectivity index (χ0) is 11.4. The third-order valence-electron chi connectivity index (χ3n) is 2.45. The van der Waals surface area contributed by atoms with Gasteiger partial charge in [-0.1, -0.05) is 0 Å². The van der Waals surface area contributed by atoms with Gasteiger partial charge in [-0.15, -0.1) is 0 Å². The molecule has 0 saturated heterocycles. The van der Waals surface area contributed by atoms with Gasteiger partial charge in [0, 0.05) is 23.6 Å². The van der Waals surface area contributed by atoms with Crippen molar-refractivity contribution in [3.8, 4) is 0 Å². The molecule has 0 aliphatic carbocycles. The van der Waals surface area contributed by atoms with Crippen molar-refractivity contribution in [2.24, 2.45) is 0 Å². The van der Waals surface area contributed by atoms with Gasteiger partial charge in [-0.05, 0) is 24.3 Å². The van der Waals surface area contributed by atoms with Gasteiger partial charge in [0.05, 0.1) is 19.8 Å². The van der Waals surface area contributed by atoms with E-state index in [2.05, 4.69) is 0 Å². The van der Waals surface area contributed by atoms with Crippen LogP contribution in [0.25, 0.3) is 10.9 Å². The fraction of sp³-hybridized carbons (Fsp3) is 0.333. The summed E-state index contributed by atoms with van der Waals surface area (Å²) in [6, 6.07) is 6.61. The summed E-state index contributed by atoms with van der Waals surface area (Å²) in [6.45, 7) is 1.64. The van der Waals surface area contributed by atoms with Crippen LogP contribution in [0.5, 0.6) is 0 Å². The molecular weight excluding hydrogens is 209 g/mol. The SMILES string of the molecule is OCCOCCn1ccc2cc(F)ccc21. The number of rotatable bonds is 5. The molecule has 0 atom stereocenters. The smallest absolute Gasteiger partial charge is 0.123 e. The number of aliphatic hydroxyl groups excluding tert-OH is 1. The zero-order valence-electron chi connectivity index (χ0n) is 8.90. The van der Waals surface area contributed by atoms with E-state index >= 15 is 0 Å². The van der Waals surface area contributed by atoms with Crippen molar-refractivity contribution in [1.29, 1.82) is 0 Å². The van der Waals surface area contributed by atoms with Gasteiger partial charge in [0.1, 0.15) is 5.82 Å². The van der Waals surface area contributed by atoms with E-state index in [9.17, 15) is 4.39 Å². The second-order valence-corrected chi connectivity index (χ2v) is 3.55. The van der Waals surface area contributed by atoms with E-state index in [0.717, 1.165) is 10.9 Å². The maximum absolute atomic E-state index is 12.9. The molecule has 2 aromatic rings. The highest BCUT2D eigenvalue weighted by atomic mass is 19.1. The Morgan fingerprint density at radius 2 is 2.12 bits per heavy atom. The Morgan fingerprint density at radius 3 is 2.94 bits per heavy atom. The number of aliphatic hydroxyl groups is 1. The van der Waals surface area contributed by atoms with Crippen LogP contribution in [-0.2, 0) is 11.3 Å². The maximum atomic E-state index is 12.9. The summed E-state index contributed by atoms with van der Waals surface area (Å²) in [7, 11) is 0. The van der Waals surface area contributed by atoms with E-state index in [1.54, 1.807) is 6.07 Å². The van der Waals surface area contributed by atoms with Crippen LogP contribution in [0, 0.1) is 5.82 Å².